The molecule has 0 aromatic rings. The van der Waals surface area contributed by atoms with Crippen molar-refractivity contribution in [2.75, 3.05) is 0 Å². The molecule has 0 aliphatic heterocycles. The summed E-state index contributed by atoms with van der Waals surface area (Å²) < 4.78 is 0. The van der Waals surface area contributed by atoms with Gasteiger partial charge >= 0.3 is 0 Å². The van der Waals surface area contributed by atoms with Gasteiger partial charge in [0.1, 0.15) is 0 Å². The molecule has 2 bridgehead atoms. The fourth-order valence-electron chi connectivity index (χ4n) is 3.80. The van der Waals surface area contributed by atoms with Crippen LogP contribution in [0.5, 0.6) is 0 Å². The van der Waals surface area contributed by atoms with E-state index < -0.39 is 0 Å². The zero-order valence-corrected chi connectivity index (χ0v) is 11.8. The van der Waals surface area contributed by atoms with Crippen LogP contribution in [0.2, 0.25) is 0 Å². The van der Waals surface area contributed by atoms with Gasteiger partial charge in [-0.1, -0.05) is 61.8 Å². The number of rotatable bonds is 2. The zero-order chi connectivity index (χ0) is 11.8. The lowest BCUT2D eigenvalue weighted by Crippen LogP contribution is -2.20. The summed E-state index contributed by atoms with van der Waals surface area (Å²) in [5.74, 6) is 4.49. The van der Waals surface area contributed by atoms with Gasteiger partial charge in [0.2, 0.25) is 0 Å². The van der Waals surface area contributed by atoms with Gasteiger partial charge in [0.05, 0.1) is 0 Å². The predicted molar refractivity (Wildman–Crippen MR) is 77.8 cm³/mol. The molecule has 0 heterocycles. The Morgan fingerprint density at radius 2 is 1.06 bits per heavy atom. The van der Waals surface area contributed by atoms with Gasteiger partial charge in [0.25, 0.3) is 0 Å². The molecule has 2 saturated carbocycles. The molecule has 0 saturated heterocycles. The first-order valence-corrected chi connectivity index (χ1v) is 7.36. The summed E-state index contributed by atoms with van der Waals surface area (Å²) in [6, 6.07) is 0. The van der Waals surface area contributed by atoms with E-state index in [0.29, 0.717) is 0 Å². The summed E-state index contributed by atoms with van der Waals surface area (Å²) in [4.78, 5) is 0. The van der Waals surface area contributed by atoms with Crippen molar-refractivity contribution in [3.63, 3.8) is 0 Å². The van der Waals surface area contributed by atoms with E-state index in [1.165, 1.54) is 12.8 Å². The lowest BCUT2D eigenvalue weighted by Gasteiger charge is -2.29. The van der Waals surface area contributed by atoms with Crippen molar-refractivity contribution in [1.29, 1.82) is 0 Å². The Morgan fingerprint density at radius 3 is 1.31 bits per heavy atom. The number of fused-ring (bicyclic) bond motifs is 2. The molecule has 2 fully saturated rings. The Morgan fingerprint density at radius 1 is 0.750 bits per heavy atom. The highest BCUT2D eigenvalue weighted by Crippen LogP contribution is 2.54. The molecule has 0 N–H and O–H groups in total. The fourth-order valence-corrected chi connectivity index (χ4v) is 3.80. The van der Waals surface area contributed by atoms with E-state index in [9.17, 15) is 0 Å². The molecule has 2 aliphatic rings. The molecule has 0 spiro atoms. The minimum atomic E-state index is 0. The highest BCUT2D eigenvalue weighted by Gasteiger charge is 2.45. The summed E-state index contributed by atoms with van der Waals surface area (Å²) in [7, 11) is 0. The topological polar surface area (TPSA) is 0 Å². The van der Waals surface area contributed by atoms with Crippen molar-refractivity contribution < 1.29 is 0 Å². The molecule has 16 heavy (non-hydrogen) atoms. The minimum absolute atomic E-state index is 0. The van der Waals surface area contributed by atoms with Gasteiger partial charge < -0.3 is 0 Å². The van der Waals surface area contributed by atoms with Crippen LogP contribution in [-0.2, 0) is 0 Å². The zero-order valence-electron chi connectivity index (χ0n) is 11.8. The Bertz CT molecular complexity index is 123. The van der Waals surface area contributed by atoms with Crippen LogP contribution >= 0.6 is 0 Å². The van der Waals surface area contributed by atoms with Crippen molar-refractivity contribution in [2.24, 2.45) is 23.7 Å². The molecule has 0 nitrogen and oxygen atoms in total. The molecule has 4 unspecified atom stereocenters. The van der Waals surface area contributed by atoms with E-state index in [-0.39, 0.29) is 7.43 Å². The smallest absolute Gasteiger partial charge is 0.0357 e. The van der Waals surface area contributed by atoms with Crippen molar-refractivity contribution in [1.82, 2.24) is 0 Å². The summed E-state index contributed by atoms with van der Waals surface area (Å²) in [5, 5.41) is 0. The second kappa shape index (κ2) is 10.2. The van der Waals surface area contributed by atoms with Crippen molar-refractivity contribution in [3.8, 4) is 0 Å². The van der Waals surface area contributed by atoms with Crippen LogP contribution in [0.15, 0.2) is 0 Å². The van der Waals surface area contributed by atoms with Gasteiger partial charge in [-0.3, -0.25) is 0 Å². The van der Waals surface area contributed by atoms with E-state index in [1.807, 2.05) is 27.7 Å². The van der Waals surface area contributed by atoms with Crippen molar-refractivity contribution in [2.45, 2.75) is 81.1 Å². The van der Waals surface area contributed by atoms with Crippen molar-refractivity contribution in [3.05, 3.63) is 0 Å². The monoisotopic (exact) mass is 228 g/mol. The highest BCUT2D eigenvalue weighted by molar-refractivity contribution is 4.94. The fraction of sp³-hybridized carbons (Fsp3) is 1.00. The Hall–Kier alpha value is 0. The third-order valence-electron chi connectivity index (χ3n) is 4.22. The van der Waals surface area contributed by atoms with Gasteiger partial charge in [0, 0.05) is 0 Å². The molecule has 2 aliphatic carbocycles. The first-order chi connectivity index (χ1) is 7.36. The molecule has 0 aromatic heterocycles. The van der Waals surface area contributed by atoms with Crippen LogP contribution in [0, 0.1) is 23.7 Å². The van der Waals surface area contributed by atoms with Gasteiger partial charge in [-0.05, 0) is 42.9 Å². The maximum Gasteiger partial charge on any atom is -0.0357 e. The first kappa shape index (κ1) is 18.4. The molecule has 0 amide bonds. The number of hydrogen-bond acceptors (Lipinski definition) is 0. The van der Waals surface area contributed by atoms with E-state index in [1.54, 1.807) is 19.3 Å². The van der Waals surface area contributed by atoms with Crippen LogP contribution in [-0.4, -0.2) is 0 Å². The third-order valence-corrected chi connectivity index (χ3v) is 4.22. The van der Waals surface area contributed by atoms with Crippen LogP contribution < -0.4 is 0 Å². The lowest BCUT2D eigenvalue weighted by molar-refractivity contribution is 0.209. The molecule has 4 atom stereocenters. The molecule has 100 valence electrons. The molecule has 0 aromatic carbocycles. The third kappa shape index (κ3) is 3.79. The number of hydrogen-bond donors (Lipinski definition) is 0. The Labute approximate surface area is 105 Å². The van der Waals surface area contributed by atoms with E-state index >= 15 is 0 Å². The lowest BCUT2D eigenvalue weighted by atomic mass is 9.77. The standard InChI is InChI=1S/C11H20.2C2H6.CH4/c1-3-10-8-5-6-9(7-8)11(10)4-2;2*1-2;/h8-11H,3-7H2,1-2H3;2*1-2H3;1H4. The van der Waals surface area contributed by atoms with Gasteiger partial charge in [-0.2, -0.15) is 0 Å². The summed E-state index contributed by atoms with van der Waals surface area (Å²) in [6.45, 7) is 12.8. The van der Waals surface area contributed by atoms with E-state index in [0.717, 1.165) is 23.7 Å². The van der Waals surface area contributed by atoms with E-state index in [2.05, 4.69) is 13.8 Å². The van der Waals surface area contributed by atoms with E-state index in [4.69, 9.17) is 0 Å². The second-order valence-corrected chi connectivity index (χ2v) is 4.48. The molecule has 2 rings (SSSR count). The van der Waals surface area contributed by atoms with Gasteiger partial charge in [-0.15, -0.1) is 0 Å². The summed E-state index contributed by atoms with van der Waals surface area (Å²) in [6.07, 6.45) is 7.58. The quantitative estimate of drug-likeness (QED) is 0.531. The average Bonchev–Trinajstić information content (AvgIpc) is 2.93. The maximum absolute atomic E-state index is 2.38. The molecule has 0 radical (unpaired) electrons. The average molecular weight is 228 g/mol. The molecular formula is C16H36. The first-order valence-electron chi connectivity index (χ1n) is 7.36. The van der Waals surface area contributed by atoms with Gasteiger partial charge in [-0.25, -0.2) is 0 Å². The largest absolute Gasteiger partial charge is 0.0776 e. The van der Waals surface area contributed by atoms with Crippen LogP contribution in [0.1, 0.15) is 81.1 Å². The normalized spacial score (nSPS) is 34.1. The highest BCUT2D eigenvalue weighted by atomic mass is 14.5. The Balaban J connectivity index is 0. The van der Waals surface area contributed by atoms with Crippen LogP contribution in [0.3, 0.4) is 0 Å². The maximum atomic E-state index is 2.38. The summed E-state index contributed by atoms with van der Waals surface area (Å²) in [5.41, 5.74) is 0. The van der Waals surface area contributed by atoms with Crippen molar-refractivity contribution >= 4 is 0 Å². The van der Waals surface area contributed by atoms with Gasteiger partial charge in [0.15, 0.2) is 0 Å². The minimum Gasteiger partial charge on any atom is -0.0776 e. The molecular weight excluding hydrogens is 192 g/mol. The summed E-state index contributed by atoms with van der Waals surface area (Å²) >= 11 is 0. The predicted octanol–water partition coefficient (Wildman–Crippen LogP) is 6.16. The van der Waals surface area contributed by atoms with Crippen LogP contribution in [0.25, 0.3) is 0 Å². The Kier molecular flexibility index (Phi) is 11.7. The second-order valence-electron chi connectivity index (χ2n) is 4.48. The SMILES string of the molecule is C.CC.CC.CCC1C2CCC(C2)C1CC. The van der Waals surface area contributed by atoms with Crippen LogP contribution in [0.4, 0.5) is 0 Å². The molecule has 0 heteroatoms.